The van der Waals surface area contributed by atoms with Crippen LogP contribution in [0.2, 0.25) is 5.02 Å². The van der Waals surface area contributed by atoms with E-state index < -0.39 is 105 Å². The standard InChI is InChI=1S/C27H20ClFN8O13S4.4Na/c1-11-21(28)26(33-27(29)31-11)32-13-2-4-14(5-3-13)34-36-23-18(53(45,46)47)8-12-9-19(54(48,49)50)24(25(38)20(12)22(23)30)37-35-16-10-15(51(39,40)41)6-7-17(16)52(42,43)44;;;;/h2-10,38H,30H2,1H3,(H,31,32,33)(H,39,40,41)(H,42,43,44)(H,45,46,47)(H,48,49,50);;;;/q;4*+1/p-4. The van der Waals surface area contributed by atoms with Gasteiger partial charge in [0.1, 0.15) is 62.6 Å². The minimum atomic E-state index is -5.71. The van der Waals surface area contributed by atoms with Gasteiger partial charge in [0.25, 0.3) is 0 Å². The number of nitrogens with one attached hydrogen (secondary N) is 1. The Bertz CT molecular complexity index is 2940. The normalized spacial score (nSPS) is 12.1. The Hall–Kier alpha value is -1.32. The number of rotatable bonds is 10. The molecule has 4 N–H and O–H groups in total. The van der Waals surface area contributed by atoms with E-state index in [-0.39, 0.29) is 147 Å². The van der Waals surface area contributed by atoms with Gasteiger partial charge >= 0.3 is 124 Å². The number of aromatic hydroxyl groups is 1. The Balaban J connectivity index is 0.00000420. The molecule has 58 heavy (non-hydrogen) atoms. The van der Waals surface area contributed by atoms with E-state index in [0.717, 1.165) is 0 Å². The summed E-state index contributed by atoms with van der Waals surface area (Å²) in [7, 11) is -22.0. The van der Waals surface area contributed by atoms with Gasteiger partial charge in [0, 0.05) is 5.69 Å². The summed E-state index contributed by atoms with van der Waals surface area (Å²) in [5, 5.41) is 26.8. The van der Waals surface area contributed by atoms with Crippen LogP contribution in [-0.4, -0.2) is 67.0 Å². The van der Waals surface area contributed by atoms with Crippen molar-refractivity contribution in [3.8, 4) is 5.75 Å². The molecule has 0 saturated heterocycles. The summed E-state index contributed by atoms with van der Waals surface area (Å²) in [6, 6.07) is 7.42. The van der Waals surface area contributed by atoms with Gasteiger partial charge < -0.3 is 34.4 Å². The number of halogens is 2. The number of aryl methyl sites for hydroxylation is 1. The van der Waals surface area contributed by atoms with Crippen LogP contribution in [0.3, 0.4) is 0 Å². The zero-order valence-electron chi connectivity index (χ0n) is 30.2. The summed E-state index contributed by atoms with van der Waals surface area (Å²) in [6.45, 7) is 1.44. The molecule has 1 heterocycles. The average Bonchev–Trinajstić information content (AvgIpc) is 3.04. The number of hydrogen-bond acceptors (Lipinski definition) is 21. The molecule has 0 spiro atoms. The van der Waals surface area contributed by atoms with Gasteiger partial charge in [-0.2, -0.15) is 14.5 Å². The van der Waals surface area contributed by atoms with E-state index in [4.69, 9.17) is 17.3 Å². The van der Waals surface area contributed by atoms with Crippen LogP contribution in [0.5, 0.6) is 5.75 Å². The smallest absolute Gasteiger partial charge is 0.744 e. The van der Waals surface area contributed by atoms with Crippen molar-refractivity contribution in [2.24, 2.45) is 20.5 Å². The molecule has 0 unspecified atom stereocenters. The predicted octanol–water partition coefficient (Wildman–Crippen LogP) is -7.77. The third-order valence-electron chi connectivity index (χ3n) is 6.98. The van der Waals surface area contributed by atoms with Crippen LogP contribution in [0.1, 0.15) is 5.69 Å². The van der Waals surface area contributed by atoms with Crippen molar-refractivity contribution in [1.29, 1.82) is 0 Å². The number of anilines is 3. The van der Waals surface area contributed by atoms with Crippen molar-refractivity contribution in [1.82, 2.24) is 9.97 Å². The van der Waals surface area contributed by atoms with Crippen LogP contribution >= 0.6 is 11.6 Å². The second-order valence-corrected chi connectivity index (χ2v) is 16.4. The average molecular weight is 935 g/mol. The Morgan fingerprint density at radius 1 is 0.707 bits per heavy atom. The van der Waals surface area contributed by atoms with E-state index in [9.17, 15) is 61.4 Å². The second kappa shape index (κ2) is 20.7. The fourth-order valence-electron chi connectivity index (χ4n) is 4.60. The van der Waals surface area contributed by atoms with E-state index in [0.29, 0.717) is 30.0 Å². The summed E-state index contributed by atoms with van der Waals surface area (Å²) in [5.41, 5.74) is 2.35. The minimum Gasteiger partial charge on any atom is -0.744 e. The Kier molecular flexibility index (Phi) is 19.5. The molecule has 0 aliphatic rings. The van der Waals surface area contributed by atoms with E-state index in [1.807, 2.05) is 0 Å². The van der Waals surface area contributed by atoms with Crippen LogP contribution in [0.25, 0.3) is 10.8 Å². The van der Waals surface area contributed by atoms with Gasteiger partial charge in [0.2, 0.25) is 0 Å². The minimum absolute atomic E-state index is 0. The number of nitrogens with two attached hydrogens (primary N) is 1. The van der Waals surface area contributed by atoms with Gasteiger partial charge in [-0.1, -0.05) is 11.6 Å². The van der Waals surface area contributed by atoms with Gasteiger partial charge in [-0.05, 0) is 66.9 Å². The maximum Gasteiger partial charge on any atom is 1.00 e. The van der Waals surface area contributed by atoms with Crippen LogP contribution < -0.4 is 129 Å². The Morgan fingerprint density at radius 2 is 1.22 bits per heavy atom. The number of fused-ring (bicyclic) bond motifs is 1. The van der Waals surface area contributed by atoms with E-state index in [2.05, 4.69) is 35.7 Å². The molecule has 21 nitrogen and oxygen atoms in total. The number of benzene rings is 4. The molecule has 0 atom stereocenters. The summed E-state index contributed by atoms with van der Waals surface area (Å²) in [4.78, 5) is 2.03. The molecular weight excluding hydrogens is 919 g/mol. The fraction of sp³-hybridized carbons (Fsp3) is 0.0370. The first-order chi connectivity index (χ1) is 24.9. The van der Waals surface area contributed by atoms with Crippen LogP contribution in [-0.2, 0) is 40.5 Å². The monoisotopic (exact) mass is 934 g/mol. The number of nitrogens with zero attached hydrogens (tertiary/aromatic N) is 6. The molecule has 0 amide bonds. The van der Waals surface area contributed by atoms with Gasteiger partial charge in [0.15, 0.2) is 11.6 Å². The molecule has 1 aromatic heterocycles. The number of nitrogen functional groups attached to an aromatic ring is 1. The van der Waals surface area contributed by atoms with Crippen LogP contribution in [0.4, 0.5) is 44.3 Å². The molecular formula is C27H16ClFN8Na4O13S4. The maximum atomic E-state index is 13.7. The molecule has 5 rings (SSSR count). The summed E-state index contributed by atoms with van der Waals surface area (Å²) in [5.74, 6) is -1.42. The first-order valence-electron chi connectivity index (χ1n) is 13.9. The SMILES string of the molecule is Cc1nc(F)nc(Nc2ccc(N=Nc3c(S(=O)(=O)[O-])cc4cc(S(=O)(=O)[O-])c(N=Nc5cc(S(=O)(=O)[O-])ccc5S(=O)(=O)[O-])c(O)c4c3N)cc2)c1Cl.[Na+].[Na+].[Na+].[Na+]. The number of aromatic nitrogens is 2. The van der Waals surface area contributed by atoms with Crippen LogP contribution in [0, 0.1) is 13.0 Å². The zero-order chi connectivity index (χ0) is 40.1. The van der Waals surface area contributed by atoms with Crippen LogP contribution in [0.15, 0.2) is 94.6 Å². The quantitative estimate of drug-likeness (QED) is 0.0385. The first kappa shape index (κ1) is 54.7. The second-order valence-electron chi connectivity index (χ2n) is 10.6. The Morgan fingerprint density at radius 3 is 1.74 bits per heavy atom. The number of phenols is 1. The van der Waals surface area contributed by atoms with Crippen molar-refractivity contribution in [2.45, 2.75) is 26.5 Å². The molecule has 0 saturated carbocycles. The maximum absolute atomic E-state index is 13.7. The molecule has 4 aromatic carbocycles. The molecule has 5 aromatic rings. The molecule has 0 fully saturated rings. The zero-order valence-corrected chi connectivity index (χ0v) is 42.2. The molecule has 31 heteroatoms. The fourth-order valence-corrected chi connectivity index (χ4v) is 7.12. The first-order valence-corrected chi connectivity index (χ1v) is 19.9. The molecule has 0 aliphatic carbocycles. The summed E-state index contributed by atoms with van der Waals surface area (Å²) in [6.07, 6.45) is -1.05. The van der Waals surface area contributed by atoms with E-state index >= 15 is 0 Å². The third-order valence-corrected chi connectivity index (χ3v) is 10.9. The van der Waals surface area contributed by atoms with Crippen molar-refractivity contribution in [3.63, 3.8) is 0 Å². The van der Waals surface area contributed by atoms with Gasteiger partial charge in [0.05, 0.1) is 42.0 Å². The predicted molar refractivity (Wildman–Crippen MR) is 178 cm³/mol. The number of azo groups is 2. The van der Waals surface area contributed by atoms with Gasteiger partial charge in [-0.3, -0.25) is 0 Å². The summed E-state index contributed by atoms with van der Waals surface area (Å²) < 4.78 is 157. The topological polar surface area (TPSA) is 362 Å². The van der Waals surface area contributed by atoms with Gasteiger partial charge in [-0.15, -0.1) is 15.3 Å². The molecule has 284 valence electrons. The molecule has 0 bridgehead atoms. The van der Waals surface area contributed by atoms with Crippen molar-refractivity contribution in [3.05, 3.63) is 71.4 Å². The van der Waals surface area contributed by atoms with E-state index in [1.54, 1.807) is 0 Å². The number of phenolic OH excluding ortho intramolecular Hbond substituents is 1. The van der Waals surface area contributed by atoms with Gasteiger partial charge in [-0.25, -0.2) is 38.7 Å². The van der Waals surface area contributed by atoms with Crippen molar-refractivity contribution >= 4 is 103 Å². The van der Waals surface area contributed by atoms with Crippen molar-refractivity contribution in [2.75, 3.05) is 11.1 Å². The largest absolute Gasteiger partial charge is 1.00 e. The third kappa shape index (κ3) is 12.6. The number of hydrogen-bond donors (Lipinski definition) is 3. The molecule has 0 aliphatic heterocycles. The Labute approximate surface area is 421 Å². The summed E-state index contributed by atoms with van der Waals surface area (Å²) >= 11 is 6.10. The molecule has 0 radical (unpaired) electrons. The van der Waals surface area contributed by atoms with Crippen molar-refractivity contribution < 1.29 is 180 Å². The van der Waals surface area contributed by atoms with E-state index in [1.165, 1.54) is 31.2 Å².